The Morgan fingerprint density at radius 1 is 1.39 bits per heavy atom. The standard InChI is InChI=1S/C13H12ClNO2S/c1-8-2-3-9(6-11(8)16)13(17)15-7-10-4-5-12(14)18-10/h2-6,16H,7H2,1H3,(H,15,17). The van der Waals surface area contributed by atoms with Gasteiger partial charge in [-0.25, -0.2) is 0 Å². The number of halogens is 1. The molecule has 0 aliphatic carbocycles. The largest absolute Gasteiger partial charge is 0.508 e. The molecule has 0 radical (unpaired) electrons. The molecule has 2 aromatic rings. The van der Waals surface area contributed by atoms with Crippen molar-refractivity contribution in [2.45, 2.75) is 13.5 Å². The van der Waals surface area contributed by atoms with Crippen LogP contribution in [0.2, 0.25) is 4.34 Å². The molecule has 1 amide bonds. The Balaban J connectivity index is 2.01. The number of hydrogen-bond donors (Lipinski definition) is 2. The average Bonchev–Trinajstić information content (AvgIpc) is 2.75. The van der Waals surface area contributed by atoms with E-state index in [-0.39, 0.29) is 11.7 Å². The summed E-state index contributed by atoms with van der Waals surface area (Å²) >= 11 is 7.24. The molecule has 1 aromatic heterocycles. The summed E-state index contributed by atoms with van der Waals surface area (Å²) in [4.78, 5) is 12.8. The Labute approximate surface area is 114 Å². The van der Waals surface area contributed by atoms with E-state index in [1.54, 1.807) is 25.1 Å². The summed E-state index contributed by atoms with van der Waals surface area (Å²) in [6, 6.07) is 8.54. The topological polar surface area (TPSA) is 49.3 Å². The minimum atomic E-state index is -0.213. The van der Waals surface area contributed by atoms with Crippen molar-refractivity contribution in [2.24, 2.45) is 0 Å². The van der Waals surface area contributed by atoms with E-state index in [1.165, 1.54) is 17.4 Å². The van der Waals surface area contributed by atoms with Gasteiger partial charge >= 0.3 is 0 Å². The molecule has 94 valence electrons. The summed E-state index contributed by atoms with van der Waals surface area (Å²) in [7, 11) is 0. The second-order valence-electron chi connectivity index (χ2n) is 3.89. The predicted octanol–water partition coefficient (Wildman–Crippen LogP) is 3.35. The molecule has 0 atom stereocenters. The fraction of sp³-hybridized carbons (Fsp3) is 0.154. The smallest absolute Gasteiger partial charge is 0.251 e. The van der Waals surface area contributed by atoms with Gasteiger partial charge in [0.05, 0.1) is 10.9 Å². The number of rotatable bonds is 3. The second-order valence-corrected chi connectivity index (χ2v) is 5.69. The first-order valence-corrected chi connectivity index (χ1v) is 6.58. The van der Waals surface area contributed by atoms with Crippen LogP contribution in [0.15, 0.2) is 30.3 Å². The van der Waals surface area contributed by atoms with Gasteiger partial charge in [-0.1, -0.05) is 17.7 Å². The highest BCUT2D eigenvalue weighted by molar-refractivity contribution is 7.16. The van der Waals surface area contributed by atoms with Crippen LogP contribution in [0.25, 0.3) is 0 Å². The molecule has 0 saturated heterocycles. The first kappa shape index (κ1) is 12.9. The number of phenols is 1. The molecule has 0 bridgehead atoms. The zero-order valence-electron chi connectivity index (χ0n) is 9.74. The maximum atomic E-state index is 11.8. The number of thiophene rings is 1. The molecule has 0 saturated carbocycles. The summed E-state index contributed by atoms with van der Waals surface area (Å²) < 4.78 is 0.701. The van der Waals surface area contributed by atoms with Crippen LogP contribution in [0.4, 0.5) is 0 Å². The van der Waals surface area contributed by atoms with Crippen molar-refractivity contribution >= 4 is 28.8 Å². The van der Waals surface area contributed by atoms with Gasteiger partial charge in [0, 0.05) is 10.4 Å². The van der Waals surface area contributed by atoms with Crippen molar-refractivity contribution in [2.75, 3.05) is 0 Å². The lowest BCUT2D eigenvalue weighted by Gasteiger charge is -2.05. The Morgan fingerprint density at radius 3 is 2.78 bits per heavy atom. The van der Waals surface area contributed by atoms with Crippen LogP contribution in [-0.4, -0.2) is 11.0 Å². The summed E-state index contributed by atoms with van der Waals surface area (Å²) in [6.45, 7) is 2.22. The number of nitrogens with one attached hydrogen (secondary N) is 1. The fourth-order valence-corrected chi connectivity index (χ4v) is 2.49. The highest BCUT2D eigenvalue weighted by Gasteiger charge is 2.08. The quantitative estimate of drug-likeness (QED) is 0.906. The summed E-state index contributed by atoms with van der Waals surface area (Å²) in [5.74, 6) is -0.0864. The van der Waals surface area contributed by atoms with Crippen LogP contribution < -0.4 is 5.32 Å². The van der Waals surface area contributed by atoms with Crippen molar-refractivity contribution < 1.29 is 9.90 Å². The minimum absolute atomic E-state index is 0.127. The molecule has 0 unspecified atom stereocenters. The number of phenolic OH excluding ortho intramolecular Hbond substituents is 1. The summed E-state index contributed by atoms with van der Waals surface area (Å²) in [5.41, 5.74) is 1.19. The van der Waals surface area contributed by atoms with E-state index in [1.807, 2.05) is 6.07 Å². The van der Waals surface area contributed by atoms with Crippen LogP contribution in [-0.2, 0) is 6.54 Å². The Kier molecular flexibility index (Phi) is 3.89. The van der Waals surface area contributed by atoms with Crippen LogP contribution in [0, 0.1) is 6.92 Å². The molecule has 2 rings (SSSR count). The molecule has 0 fully saturated rings. The fourth-order valence-electron chi connectivity index (χ4n) is 1.47. The van der Waals surface area contributed by atoms with Crippen molar-refractivity contribution in [3.63, 3.8) is 0 Å². The lowest BCUT2D eigenvalue weighted by Crippen LogP contribution is -2.22. The van der Waals surface area contributed by atoms with Gasteiger partial charge in [-0.15, -0.1) is 11.3 Å². The monoisotopic (exact) mass is 281 g/mol. The highest BCUT2D eigenvalue weighted by Crippen LogP contribution is 2.21. The molecule has 18 heavy (non-hydrogen) atoms. The first-order chi connectivity index (χ1) is 8.56. The molecule has 0 aliphatic rings. The molecule has 1 aromatic carbocycles. The number of aromatic hydroxyl groups is 1. The zero-order valence-corrected chi connectivity index (χ0v) is 11.3. The lowest BCUT2D eigenvalue weighted by molar-refractivity contribution is 0.0951. The van der Waals surface area contributed by atoms with Crippen LogP contribution in [0.3, 0.4) is 0 Å². The molecular weight excluding hydrogens is 270 g/mol. The van der Waals surface area contributed by atoms with E-state index in [0.29, 0.717) is 16.4 Å². The molecule has 2 N–H and O–H groups in total. The van der Waals surface area contributed by atoms with Gasteiger partial charge in [0.2, 0.25) is 0 Å². The van der Waals surface area contributed by atoms with Crippen molar-refractivity contribution in [3.05, 3.63) is 50.7 Å². The number of carbonyl (C=O) groups is 1. The van der Waals surface area contributed by atoms with E-state index >= 15 is 0 Å². The Hall–Kier alpha value is -1.52. The van der Waals surface area contributed by atoms with E-state index in [0.717, 1.165) is 10.4 Å². The van der Waals surface area contributed by atoms with Gasteiger partial charge < -0.3 is 10.4 Å². The SMILES string of the molecule is Cc1ccc(C(=O)NCc2ccc(Cl)s2)cc1O. The number of carbonyl (C=O) groups excluding carboxylic acids is 1. The maximum absolute atomic E-state index is 11.8. The maximum Gasteiger partial charge on any atom is 0.251 e. The van der Waals surface area contributed by atoms with E-state index in [2.05, 4.69) is 5.32 Å². The van der Waals surface area contributed by atoms with Crippen LogP contribution in [0.1, 0.15) is 20.8 Å². The minimum Gasteiger partial charge on any atom is -0.508 e. The highest BCUT2D eigenvalue weighted by atomic mass is 35.5. The molecule has 0 spiro atoms. The van der Waals surface area contributed by atoms with Crippen molar-refractivity contribution in [1.29, 1.82) is 0 Å². The average molecular weight is 282 g/mol. The van der Waals surface area contributed by atoms with Gasteiger partial charge in [-0.05, 0) is 36.8 Å². The predicted molar refractivity (Wildman–Crippen MR) is 73.3 cm³/mol. The van der Waals surface area contributed by atoms with Crippen LogP contribution >= 0.6 is 22.9 Å². The number of hydrogen-bond acceptors (Lipinski definition) is 3. The molecule has 3 nitrogen and oxygen atoms in total. The van der Waals surface area contributed by atoms with Crippen molar-refractivity contribution in [3.8, 4) is 5.75 Å². The third kappa shape index (κ3) is 3.03. The number of benzene rings is 1. The van der Waals surface area contributed by atoms with Gasteiger partial charge in [0.1, 0.15) is 5.75 Å². The Morgan fingerprint density at radius 2 is 2.17 bits per heavy atom. The van der Waals surface area contributed by atoms with Gasteiger partial charge in [-0.3, -0.25) is 4.79 Å². The van der Waals surface area contributed by atoms with Crippen molar-refractivity contribution in [1.82, 2.24) is 5.32 Å². The lowest BCUT2D eigenvalue weighted by atomic mass is 10.1. The molecular formula is C13H12ClNO2S. The van der Waals surface area contributed by atoms with E-state index in [4.69, 9.17) is 11.6 Å². The summed E-state index contributed by atoms with van der Waals surface area (Å²) in [5, 5.41) is 12.3. The third-order valence-electron chi connectivity index (χ3n) is 2.52. The first-order valence-electron chi connectivity index (χ1n) is 5.38. The van der Waals surface area contributed by atoms with Crippen LogP contribution in [0.5, 0.6) is 5.75 Å². The van der Waals surface area contributed by atoms with E-state index < -0.39 is 0 Å². The zero-order chi connectivity index (χ0) is 13.1. The molecule has 0 aliphatic heterocycles. The third-order valence-corrected chi connectivity index (χ3v) is 3.75. The second kappa shape index (κ2) is 5.42. The van der Waals surface area contributed by atoms with Gasteiger partial charge in [-0.2, -0.15) is 0 Å². The summed E-state index contributed by atoms with van der Waals surface area (Å²) in [6.07, 6.45) is 0. The Bertz CT molecular complexity index is 580. The number of amides is 1. The number of aryl methyl sites for hydroxylation is 1. The van der Waals surface area contributed by atoms with E-state index in [9.17, 15) is 9.90 Å². The molecule has 1 heterocycles. The van der Waals surface area contributed by atoms with Gasteiger partial charge in [0.25, 0.3) is 5.91 Å². The normalized spacial score (nSPS) is 10.3. The molecule has 5 heteroatoms. The van der Waals surface area contributed by atoms with Gasteiger partial charge in [0.15, 0.2) is 0 Å².